The molecule has 0 saturated carbocycles. The van der Waals surface area contributed by atoms with Gasteiger partial charge in [0.05, 0.1) is 5.69 Å². The number of nitrogens with two attached hydrogens (primary N) is 1. The fraction of sp³-hybridized carbons (Fsp3) is 0.400. The normalized spacial score (nSPS) is 14.3. The van der Waals surface area contributed by atoms with Crippen LogP contribution < -0.4 is 10.6 Å². The number of amides is 1. The summed E-state index contributed by atoms with van der Waals surface area (Å²) in [4.78, 5) is 15.3. The Kier molecular flexibility index (Phi) is 3.20. The molecule has 0 radical (unpaired) electrons. The number of nitrogens with zero attached hydrogens (tertiary/aromatic N) is 3. The minimum atomic E-state index is -0.193. The molecule has 2 heterocycles. The Hall–Kier alpha value is -1.95. The number of aromatic nitrogens is 2. The van der Waals surface area contributed by atoms with Gasteiger partial charge >= 0.3 is 0 Å². The van der Waals surface area contributed by atoms with Crippen LogP contribution in [0.4, 0.5) is 11.4 Å². The fourth-order valence-electron chi connectivity index (χ4n) is 2.58. The first-order valence-corrected chi connectivity index (χ1v) is 7.68. The Labute approximate surface area is 127 Å². The molecule has 0 saturated heterocycles. The van der Waals surface area contributed by atoms with Crippen LogP contribution in [0.1, 0.15) is 41.7 Å². The second kappa shape index (κ2) is 4.80. The highest BCUT2D eigenvalue weighted by Crippen LogP contribution is 2.33. The minimum absolute atomic E-state index is 0.0153. The average Bonchev–Trinajstić information content (AvgIpc) is 3.03. The lowest BCUT2D eigenvalue weighted by Crippen LogP contribution is -2.30. The van der Waals surface area contributed by atoms with Gasteiger partial charge in [0.25, 0.3) is 5.91 Å². The molecule has 1 amide bonds. The summed E-state index contributed by atoms with van der Waals surface area (Å²) >= 11 is 1.17. The van der Waals surface area contributed by atoms with Gasteiger partial charge in [-0.05, 0) is 41.7 Å². The van der Waals surface area contributed by atoms with E-state index in [0.29, 0.717) is 11.4 Å². The van der Waals surface area contributed by atoms with Crippen LogP contribution in [0.3, 0.4) is 0 Å². The Morgan fingerprint density at radius 3 is 2.86 bits per heavy atom. The van der Waals surface area contributed by atoms with Gasteiger partial charge in [-0.3, -0.25) is 4.79 Å². The summed E-state index contributed by atoms with van der Waals surface area (Å²) in [5, 5.41) is 4.15. The van der Waals surface area contributed by atoms with Gasteiger partial charge in [0.2, 0.25) is 0 Å². The number of benzene rings is 1. The predicted octanol–water partition coefficient (Wildman–Crippen LogP) is 2.62. The molecule has 0 spiro atoms. The molecule has 110 valence electrons. The van der Waals surface area contributed by atoms with Gasteiger partial charge in [-0.2, -0.15) is 0 Å². The van der Waals surface area contributed by atoms with Crippen LogP contribution in [0.25, 0.3) is 0 Å². The van der Waals surface area contributed by atoms with E-state index < -0.39 is 0 Å². The highest BCUT2D eigenvalue weighted by Gasteiger charge is 2.32. The molecule has 1 aliphatic heterocycles. The zero-order chi connectivity index (χ0) is 15.2. The lowest BCUT2D eigenvalue weighted by Gasteiger charge is -2.20. The topological polar surface area (TPSA) is 72.1 Å². The summed E-state index contributed by atoms with van der Waals surface area (Å²) in [5.41, 5.74) is 9.18. The van der Waals surface area contributed by atoms with Gasteiger partial charge in [-0.1, -0.05) is 25.3 Å². The first-order chi connectivity index (χ1) is 9.88. The third-order valence-corrected chi connectivity index (χ3v) is 4.35. The van der Waals surface area contributed by atoms with Crippen LogP contribution >= 0.6 is 11.5 Å². The second-order valence-corrected chi connectivity index (χ2v) is 7.05. The van der Waals surface area contributed by atoms with E-state index in [1.54, 1.807) is 4.90 Å². The number of hydrogen-bond donors (Lipinski definition) is 1. The van der Waals surface area contributed by atoms with Crippen molar-refractivity contribution in [1.29, 1.82) is 0 Å². The van der Waals surface area contributed by atoms with Gasteiger partial charge < -0.3 is 10.6 Å². The zero-order valence-electron chi connectivity index (χ0n) is 12.4. The third kappa shape index (κ3) is 2.40. The molecule has 1 aliphatic rings. The van der Waals surface area contributed by atoms with Crippen molar-refractivity contribution in [3.63, 3.8) is 0 Å². The molecule has 0 unspecified atom stereocenters. The summed E-state index contributed by atoms with van der Waals surface area (Å²) in [6, 6.07) is 5.69. The van der Waals surface area contributed by atoms with Crippen LogP contribution in [0.15, 0.2) is 18.2 Å². The molecule has 21 heavy (non-hydrogen) atoms. The summed E-state index contributed by atoms with van der Waals surface area (Å²) < 4.78 is 3.98. The van der Waals surface area contributed by atoms with Crippen LogP contribution in [0.5, 0.6) is 0 Å². The summed E-state index contributed by atoms with van der Waals surface area (Å²) in [6.07, 6.45) is 0.837. The molecular weight excluding hydrogens is 284 g/mol. The summed E-state index contributed by atoms with van der Waals surface area (Å²) in [6.45, 7) is 6.80. The van der Waals surface area contributed by atoms with Gasteiger partial charge in [-0.25, -0.2) is 0 Å². The van der Waals surface area contributed by atoms with E-state index in [0.717, 1.165) is 29.1 Å². The number of carbonyl (C=O) groups excluding carboxylic acids is 1. The first kappa shape index (κ1) is 14.0. The Bertz CT molecular complexity index is 702. The van der Waals surface area contributed by atoms with E-state index in [4.69, 9.17) is 5.73 Å². The Morgan fingerprint density at radius 1 is 1.38 bits per heavy atom. The zero-order valence-corrected chi connectivity index (χ0v) is 13.2. The standard InChI is InChI=1S/C15H18N4OS/c1-15(2,3)13-12(21-18-17-13)14(20)19-7-6-9-8-10(16)4-5-11(9)19/h4-5,8H,6-7,16H2,1-3H3. The van der Waals surface area contributed by atoms with Crippen molar-refractivity contribution in [2.75, 3.05) is 17.2 Å². The van der Waals surface area contributed by atoms with E-state index in [2.05, 4.69) is 9.59 Å². The maximum atomic E-state index is 12.8. The van der Waals surface area contributed by atoms with Crippen molar-refractivity contribution in [3.05, 3.63) is 34.3 Å². The van der Waals surface area contributed by atoms with Crippen LogP contribution in [-0.2, 0) is 11.8 Å². The van der Waals surface area contributed by atoms with Crippen LogP contribution in [0.2, 0.25) is 0 Å². The van der Waals surface area contributed by atoms with Crippen molar-refractivity contribution in [2.24, 2.45) is 0 Å². The van der Waals surface area contributed by atoms with Crippen molar-refractivity contribution in [1.82, 2.24) is 9.59 Å². The first-order valence-electron chi connectivity index (χ1n) is 6.91. The smallest absolute Gasteiger partial charge is 0.271 e. The number of carbonyl (C=O) groups is 1. The van der Waals surface area contributed by atoms with Crippen LogP contribution in [0, 0.1) is 0 Å². The van der Waals surface area contributed by atoms with Gasteiger partial charge in [0.15, 0.2) is 0 Å². The van der Waals surface area contributed by atoms with Crippen LogP contribution in [-0.4, -0.2) is 22.0 Å². The number of anilines is 2. The summed E-state index contributed by atoms with van der Waals surface area (Å²) in [7, 11) is 0. The minimum Gasteiger partial charge on any atom is -0.399 e. The number of nitrogen functional groups attached to an aromatic ring is 1. The van der Waals surface area contributed by atoms with Gasteiger partial charge in [0.1, 0.15) is 4.88 Å². The lowest BCUT2D eigenvalue weighted by atomic mass is 9.91. The molecule has 0 fully saturated rings. The molecule has 0 bridgehead atoms. The monoisotopic (exact) mass is 302 g/mol. The predicted molar refractivity (Wildman–Crippen MR) is 84.8 cm³/mol. The quantitative estimate of drug-likeness (QED) is 0.822. The Balaban J connectivity index is 1.97. The number of rotatable bonds is 1. The highest BCUT2D eigenvalue weighted by atomic mass is 32.1. The molecule has 1 aromatic heterocycles. The largest absolute Gasteiger partial charge is 0.399 e. The third-order valence-electron chi connectivity index (χ3n) is 3.64. The van der Waals surface area contributed by atoms with E-state index in [9.17, 15) is 4.79 Å². The van der Waals surface area contributed by atoms with Crippen molar-refractivity contribution in [3.8, 4) is 0 Å². The average molecular weight is 302 g/mol. The SMILES string of the molecule is CC(C)(C)c1nnsc1C(=O)N1CCc2cc(N)ccc21. The van der Waals surface area contributed by atoms with E-state index >= 15 is 0 Å². The Morgan fingerprint density at radius 2 is 2.14 bits per heavy atom. The molecule has 1 aromatic carbocycles. The molecule has 3 rings (SSSR count). The molecule has 5 nitrogen and oxygen atoms in total. The van der Waals surface area contributed by atoms with E-state index in [-0.39, 0.29) is 11.3 Å². The van der Waals surface area contributed by atoms with Gasteiger partial charge in [0, 0.05) is 23.3 Å². The van der Waals surface area contributed by atoms with Crippen molar-refractivity contribution >= 4 is 28.8 Å². The molecule has 0 aliphatic carbocycles. The summed E-state index contributed by atoms with van der Waals surface area (Å²) in [5.74, 6) is -0.0153. The number of fused-ring (bicyclic) bond motifs is 1. The molecule has 2 N–H and O–H groups in total. The maximum absolute atomic E-state index is 12.8. The molecule has 2 aromatic rings. The fourth-order valence-corrected chi connectivity index (χ4v) is 3.40. The lowest BCUT2D eigenvalue weighted by molar-refractivity contribution is 0.0991. The molecule has 6 heteroatoms. The van der Waals surface area contributed by atoms with E-state index in [1.807, 2.05) is 39.0 Å². The van der Waals surface area contributed by atoms with Crippen molar-refractivity contribution in [2.45, 2.75) is 32.6 Å². The number of hydrogen-bond acceptors (Lipinski definition) is 5. The van der Waals surface area contributed by atoms with E-state index in [1.165, 1.54) is 11.5 Å². The maximum Gasteiger partial charge on any atom is 0.271 e. The molecule has 0 atom stereocenters. The second-order valence-electron chi connectivity index (χ2n) is 6.30. The van der Waals surface area contributed by atoms with Crippen molar-refractivity contribution < 1.29 is 4.79 Å². The molecular formula is C15H18N4OS. The van der Waals surface area contributed by atoms with Gasteiger partial charge in [-0.15, -0.1) is 5.10 Å². The highest BCUT2D eigenvalue weighted by molar-refractivity contribution is 7.08.